The lowest BCUT2D eigenvalue weighted by Gasteiger charge is -2.36. The molecule has 0 aliphatic carbocycles. The number of nitrogens with zero attached hydrogens (tertiary/aromatic N) is 2. The summed E-state index contributed by atoms with van der Waals surface area (Å²) in [5.74, 6) is 1.27. The lowest BCUT2D eigenvalue weighted by atomic mass is 9.92. The van der Waals surface area contributed by atoms with Crippen molar-refractivity contribution in [3.05, 3.63) is 0 Å². The minimum atomic E-state index is -0.0139. The third kappa shape index (κ3) is 6.46. The van der Waals surface area contributed by atoms with Gasteiger partial charge in [-0.05, 0) is 38.6 Å². The van der Waals surface area contributed by atoms with Gasteiger partial charge in [-0.2, -0.15) is 0 Å². The summed E-state index contributed by atoms with van der Waals surface area (Å²) >= 11 is 0. The fourth-order valence-electron chi connectivity index (χ4n) is 3.01. The normalized spacial score (nSPS) is 22.7. The van der Waals surface area contributed by atoms with Gasteiger partial charge in [-0.3, -0.25) is 14.5 Å². The topological polar surface area (TPSA) is 52.7 Å². The van der Waals surface area contributed by atoms with Gasteiger partial charge >= 0.3 is 0 Å². The van der Waals surface area contributed by atoms with Crippen molar-refractivity contribution in [2.45, 2.75) is 47.1 Å². The Hall–Kier alpha value is -1.10. The average molecular weight is 297 g/mol. The summed E-state index contributed by atoms with van der Waals surface area (Å²) in [6, 6.07) is 0.135. The highest BCUT2D eigenvalue weighted by Crippen LogP contribution is 2.20. The van der Waals surface area contributed by atoms with Crippen LogP contribution >= 0.6 is 0 Å². The Morgan fingerprint density at radius 1 is 1.19 bits per heavy atom. The lowest BCUT2D eigenvalue weighted by molar-refractivity contribution is -0.135. The van der Waals surface area contributed by atoms with E-state index < -0.39 is 0 Å². The fraction of sp³-hybridized carbons (Fsp3) is 0.875. The summed E-state index contributed by atoms with van der Waals surface area (Å²) in [7, 11) is 0. The molecular formula is C16H31N3O2. The number of likely N-dealkylation sites (tertiary alicyclic amines) is 1. The molecule has 1 N–H and O–H groups in total. The van der Waals surface area contributed by atoms with Crippen LogP contribution in [0.3, 0.4) is 0 Å². The number of carbonyl (C=O) groups excluding carboxylic acids is 2. The maximum atomic E-state index is 12.4. The predicted octanol–water partition coefficient (Wildman–Crippen LogP) is 1.34. The van der Waals surface area contributed by atoms with E-state index >= 15 is 0 Å². The van der Waals surface area contributed by atoms with Gasteiger partial charge in [0, 0.05) is 19.1 Å². The lowest BCUT2D eigenvalue weighted by Crippen LogP contribution is -2.48. The van der Waals surface area contributed by atoms with E-state index in [-0.39, 0.29) is 17.9 Å². The van der Waals surface area contributed by atoms with Gasteiger partial charge in [0.1, 0.15) is 0 Å². The van der Waals surface area contributed by atoms with Crippen molar-refractivity contribution in [1.82, 2.24) is 15.1 Å². The van der Waals surface area contributed by atoms with E-state index in [2.05, 4.69) is 19.2 Å². The average Bonchev–Trinajstić information content (AvgIpc) is 2.35. The van der Waals surface area contributed by atoms with Crippen LogP contribution in [-0.2, 0) is 9.59 Å². The van der Waals surface area contributed by atoms with Crippen molar-refractivity contribution in [2.75, 3.05) is 32.7 Å². The fourth-order valence-corrected chi connectivity index (χ4v) is 3.01. The Morgan fingerprint density at radius 2 is 1.76 bits per heavy atom. The monoisotopic (exact) mass is 297 g/mol. The largest absolute Gasteiger partial charge is 0.353 e. The summed E-state index contributed by atoms with van der Waals surface area (Å²) in [4.78, 5) is 28.1. The van der Waals surface area contributed by atoms with E-state index in [9.17, 15) is 9.59 Å². The zero-order valence-electron chi connectivity index (χ0n) is 14.2. The third-order valence-corrected chi connectivity index (χ3v) is 3.84. The standard InChI is InChI=1S/C16H31N3O2/c1-6-18(10-15(20)17-12(2)3)11-16(21)19-8-13(4)7-14(5)9-19/h12-14H,6-11H2,1-5H3,(H,17,20). The molecule has 0 aromatic rings. The number of amides is 2. The number of piperidine rings is 1. The Labute approximate surface area is 129 Å². The van der Waals surface area contributed by atoms with E-state index in [1.54, 1.807) is 0 Å². The van der Waals surface area contributed by atoms with Crippen LogP contribution in [0.4, 0.5) is 0 Å². The van der Waals surface area contributed by atoms with E-state index in [1.807, 2.05) is 30.6 Å². The molecule has 1 aliphatic heterocycles. The first-order chi connectivity index (χ1) is 9.81. The first-order valence-corrected chi connectivity index (χ1v) is 8.11. The molecule has 1 rings (SSSR count). The summed E-state index contributed by atoms with van der Waals surface area (Å²) in [6.45, 7) is 13.3. The first kappa shape index (κ1) is 18.0. The third-order valence-electron chi connectivity index (χ3n) is 3.84. The van der Waals surface area contributed by atoms with Crippen LogP contribution in [0.1, 0.15) is 41.0 Å². The molecule has 2 atom stereocenters. The van der Waals surface area contributed by atoms with Crippen LogP contribution < -0.4 is 5.32 Å². The van der Waals surface area contributed by atoms with Crippen LogP contribution in [0.15, 0.2) is 0 Å². The summed E-state index contributed by atoms with van der Waals surface area (Å²) in [6.07, 6.45) is 1.19. The van der Waals surface area contributed by atoms with Gasteiger partial charge in [-0.15, -0.1) is 0 Å². The maximum absolute atomic E-state index is 12.4. The first-order valence-electron chi connectivity index (χ1n) is 8.11. The highest BCUT2D eigenvalue weighted by molar-refractivity contribution is 5.81. The van der Waals surface area contributed by atoms with Gasteiger partial charge < -0.3 is 10.2 Å². The maximum Gasteiger partial charge on any atom is 0.236 e. The van der Waals surface area contributed by atoms with Crippen molar-refractivity contribution in [1.29, 1.82) is 0 Å². The van der Waals surface area contributed by atoms with E-state index in [0.29, 0.717) is 31.5 Å². The second-order valence-electron chi connectivity index (χ2n) is 6.77. The molecule has 2 unspecified atom stereocenters. The Morgan fingerprint density at radius 3 is 2.24 bits per heavy atom. The number of rotatable bonds is 6. The van der Waals surface area contributed by atoms with Crippen LogP contribution in [0.5, 0.6) is 0 Å². The van der Waals surface area contributed by atoms with E-state index in [4.69, 9.17) is 0 Å². The molecule has 0 spiro atoms. The minimum Gasteiger partial charge on any atom is -0.353 e. The van der Waals surface area contributed by atoms with Crippen molar-refractivity contribution < 1.29 is 9.59 Å². The molecule has 1 aliphatic rings. The number of likely N-dealkylation sites (N-methyl/N-ethyl adjacent to an activating group) is 1. The molecule has 122 valence electrons. The van der Waals surface area contributed by atoms with Gasteiger partial charge in [0.05, 0.1) is 13.1 Å². The highest BCUT2D eigenvalue weighted by atomic mass is 16.2. The summed E-state index contributed by atoms with van der Waals surface area (Å²) in [5, 5.41) is 2.87. The minimum absolute atomic E-state index is 0.0139. The molecule has 0 saturated carbocycles. The molecule has 1 saturated heterocycles. The molecule has 21 heavy (non-hydrogen) atoms. The zero-order chi connectivity index (χ0) is 16.0. The predicted molar refractivity (Wildman–Crippen MR) is 84.9 cm³/mol. The molecule has 5 heteroatoms. The van der Waals surface area contributed by atoms with Crippen LogP contribution in [0, 0.1) is 11.8 Å². The molecule has 1 fully saturated rings. The van der Waals surface area contributed by atoms with E-state index in [1.165, 1.54) is 6.42 Å². The molecule has 0 radical (unpaired) electrons. The number of hydrogen-bond donors (Lipinski definition) is 1. The summed E-state index contributed by atoms with van der Waals surface area (Å²) < 4.78 is 0. The van der Waals surface area contributed by atoms with Crippen molar-refractivity contribution in [2.24, 2.45) is 11.8 Å². The molecule has 5 nitrogen and oxygen atoms in total. The number of nitrogens with one attached hydrogen (secondary N) is 1. The number of hydrogen-bond acceptors (Lipinski definition) is 3. The van der Waals surface area contributed by atoms with Crippen LogP contribution in [0.25, 0.3) is 0 Å². The molecular weight excluding hydrogens is 266 g/mol. The second-order valence-corrected chi connectivity index (χ2v) is 6.77. The quantitative estimate of drug-likeness (QED) is 0.805. The summed E-state index contributed by atoms with van der Waals surface area (Å²) in [5.41, 5.74) is 0. The van der Waals surface area contributed by atoms with Gasteiger partial charge in [0.25, 0.3) is 0 Å². The highest BCUT2D eigenvalue weighted by Gasteiger charge is 2.26. The van der Waals surface area contributed by atoms with Gasteiger partial charge in [-0.1, -0.05) is 20.8 Å². The zero-order valence-corrected chi connectivity index (χ0v) is 14.2. The molecule has 2 amide bonds. The smallest absolute Gasteiger partial charge is 0.236 e. The van der Waals surface area contributed by atoms with Crippen LogP contribution in [-0.4, -0.2) is 60.4 Å². The van der Waals surface area contributed by atoms with Gasteiger partial charge in [0.15, 0.2) is 0 Å². The SMILES string of the molecule is CCN(CC(=O)NC(C)C)CC(=O)N1CC(C)CC(C)C1. The number of carbonyl (C=O) groups is 2. The Bertz CT molecular complexity index is 347. The van der Waals surface area contributed by atoms with Crippen molar-refractivity contribution >= 4 is 11.8 Å². The van der Waals surface area contributed by atoms with Crippen molar-refractivity contribution in [3.8, 4) is 0 Å². The van der Waals surface area contributed by atoms with Gasteiger partial charge in [-0.25, -0.2) is 0 Å². The molecule has 0 aromatic carbocycles. The van der Waals surface area contributed by atoms with E-state index in [0.717, 1.165) is 13.1 Å². The van der Waals surface area contributed by atoms with Crippen LogP contribution in [0.2, 0.25) is 0 Å². The molecule has 0 aromatic heterocycles. The Balaban J connectivity index is 2.48. The molecule has 1 heterocycles. The van der Waals surface area contributed by atoms with Crippen molar-refractivity contribution in [3.63, 3.8) is 0 Å². The second kappa shape index (κ2) is 8.37. The molecule has 0 bridgehead atoms. The Kier molecular flexibility index (Phi) is 7.15. The van der Waals surface area contributed by atoms with Gasteiger partial charge in [0.2, 0.25) is 11.8 Å².